The number of carbonyl (C=O) groups excluding carboxylic acids is 1. The van der Waals surface area contributed by atoms with E-state index in [1.165, 1.54) is 11.5 Å². The third-order valence-electron chi connectivity index (χ3n) is 3.09. The van der Waals surface area contributed by atoms with Gasteiger partial charge in [-0.2, -0.15) is 4.37 Å². The molecule has 2 rings (SSSR count). The van der Waals surface area contributed by atoms with E-state index in [1.54, 1.807) is 0 Å². The summed E-state index contributed by atoms with van der Waals surface area (Å²) in [5, 5.41) is 0.978. The Morgan fingerprint density at radius 2 is 2.06 bits per heavy atom. The van der Waals surface area contributed by atoms with Gasteiger partial charge in [-0.25, -0.2) is 4.98 Å². The summed E-state index contributed by atoms with van der Waals surface area (Å²) >= 11 is 1.44. The van der Waals surface area contributed by atoms with Crippen molar-refractivity contribution in [2.75, 3.05) is 31.1 Å². The van der Waals surface area contributed by atoms with Crippen molar-refractivity contribution in [3.05, 3.63) is 5.82 Å². The maximum absolute atomic E-state index is 12.0. The van der Waals surface area contributed by atoms with Crippen LogP contribution in [-0.2, 0) is 4.79 Å². The Balaban J connectivity index is 1.98. The summed E-state index contributed by atoms with van der Waals surface area (Å²) in [6, 6.07) is 0. The van der Waals surface area contributed by atoms with Gasteiger partial charge in [-0.1, -0.05) is 13.8 Å². The zero-order valence-corrected chi connectivity index (χ0v) is 12.0. The fraction of sp³-hybridized carbons (Fsp3) is 0.750. The number of rotatable bonds is 2. The van der Waals surface area contributed by atoms with Gasteiger partial charge in [0.1, 0.15) is 5.82 Å². The van der Waals surface area contributed by atoms with Crippen molar-refractivity contribution in [3.63, 3.8) is 0 Å². The van der Waals surface area contributed by atoms with Crippen molar-refractivity contribution in [1.29, 1.82) is 0 Å². The third-order valence-corrected chi connectivity index (χ3v) is 3.96. The number of carbonyl (C=O) groups is 1. The van der Waals surface area contributed by atoms with Gasteiger partial charge in [-0.3, -0.25) is 4.79 Å². The Morgan fingerprint density at radius 3 is 2.67 bits per heavy atom. The van der Waals surface area contributed by atoms with Crippen LogP contribution in [0.15, 0.2) is 0 Å². The largest absolute Gasteiger partial charge is 0.345 e. The van der Waals surface area contributed by atoms with Crippen LogP contribution in [0.1, 0.15) is 26.1 Å². The molecule has 100 valence electrons. The third kappa shape index (κ3) is 2.98. The molecule has 1 saturated heterocycles. The first-order chi connectivity index (χ1) is 8.58. The predicted octanol–water partition coefficient (Wildman–Crippen LogP) is 1.54. The standard InChI is InChI=1S/C12H20N4OS/c1-9(2)11(17)15-5-4-6-16(8-7-15)12-13-10(3)14-18-12/h9H,4-8H2,1-3H3. The topological polar surface area (TPSA) is 49.3 Å². The molecule has 1 aromatic rings. The lowest BCUT2D eigenvalue weighted by atomic mass is 10.2. The van der Waals surface area contributed by atoms with Gasteiger partial charge in [0.2, 0.25) is 11.0 Å². The van der Waals surface area contributed by atoms with Crippen LogP contribution < -0.4 is 4.90 Å². The molecule has 5 nitrogen and oxygen atoms in total. The van der Waals surface area contributed by atoms with E-state index in [2.05, 4.69) is 14.3 Å². The van der Waals surface area contributed by atoms with E-state index in [-0.39, 0.29) is 11.8 Å². The van der Waals surface area contributed by atoms with Gasteiger partial charge < -0.3 is 9.80 Å². The van der Waals surface area contributed by atoms with Crippen LogP contribution in [0.5, 0.6) is 0 Å². The molecular weight excluding hydrogens is 248 g/mol. The minimum Gasteiger partial charge on any atom is -0.345 e. The van der Waals surface area contributed by atoms with Gasteiger partial charge in [0.25, 0.3) is 0 Å². The Bertz CT molecular complexity index is 418. The molecule has 1 amide bonds. The summed E-state index contributed by atoms with van der Waals surface area (Å²) in [6.45, 7) is 9.27. The fourth-order valence-electron chi connectivity index (χ4n) is 2.11. The smallest absolute Gasteiger partial charge is 0.225 e. The van der Waals surface area contributed by atoms with Gasteiger partial charge in [-0.05, 0) is 13.3 Å². The van der Waals surface area contributed by atoms with Crippen molar-refractivity contribution >= 4 is 22.6 Å². The molecule has 2 heterocycles. The maximum atomic E-state index is 12.0. The molecule has 0 spiro atoms. The average molecular weight is 268 g/mol. The molecule has 0 atom stereocenters. The highest BCUT2D eigenvalue weighted by atomic mass is 32.1. The normalized spacial score (nSPS) is 17.1. The van der Waals surface area contributed by atoms with Crippen LogP contribution in [0.2, 0.25) is 0 Å². The predicted molar refractivity (Wildman–Crippen MR) is 72.9 cm³/mol. The lowest BCUT2D eigenvalue weighted by Crippen LogP contribution is -2.37. The van der Waals surface area contributed by atoms with E-state index < -0.39 is 0 Å². The molecular formula is C12H20N4OS. The van der Waals surface area contributed by atoms with Crippen LogP contribution >= 0.6 is 11.5 Å². The van der Waals surface area contributed by atoms with Crippen LogP contribution in [-0.4, -0.2) is 46.3 Å². The molecule has 1 aliphatic rings. The molecule has 1 aromatic heterocycles. The summed E-state index contributed by atoms with van der Waals surface area (Å²) in [7, 11) is 0. The number of amides is 1. The molecule has 1 aliphatic heterocycles. The molecule has 0 unspecified atom stereocenters. The molecule has 0 aromatic carbocycles. The monoisotopic (exact) mass is 268 g/mol. The van der Waals surface area contributed by atoms with E-state index in [0.29, 0.717) is 0 Å². The Labute approximate surface area is 112 Å². The van der Waals surface area contributed by atoms with Gasteiger partial charge in [0.15, 0.2) is 0 Å². The molecule has 0 N–H and O–H groups in total. The van der Waals surface area contributed by atoms with E-state index in [9.17, 15) is 4.79 Å². The number of nitrogens with zero attached hydrogens (tertiary/aromatic N) is 4. The summed E-state index contributed by atoms with van der Waals surface area (Å²) in [5.41, 5.74) is 0. The van der Waals surface area contributed by atoms with Crippen LogP contribution in [0.25, 0.3) is 0 Å². The first kappa shape index (κ1) is 13.3. The molecule has 6 heteroatoms. The number of aryl methyl sites for hydroxylation is 1. The van der Waals surface area contributed by atoms with E-state index in [0.717, 1.165) is 43.6 Å². The minimum atomic E-state index is 0.0836. The van der Waals surface area contributed by atoms with E-state index in [1.807, 2.05) is 25.7 Å². The van der Waals surface area contributed by atoms with Crippen molar-refractivity contribution in [2.24, 2.45) is 5.92 Å². The summed E-state index contributed by atoms with van der Waals surface area (Å²) in [5.74, 6) is 1.17. The first-order valence-electron chi connectivity index (χ1n) is 6.42. The lowest BCUT2D eigenvalue weighted by molar-refractivity contribution is -0.134. The number of hydrogen-bond acceptors (Lipinski definition) is 5. The van der Waals surface area contributed by atoms with Crippen molar-refractivity contribution < 1.29 is 4.79 Å². The van der Waals surface area contributed by atoms with Gasteiger partial charge in [-0.15, -0.1) is 0 Å². The lowest BCUT2D eigenvalue weighted by Gasteiger charge is -2.23. The minimum absolute atomic E-state index is 0.0836. The zero-order valence-electron chi connectivity index (χ0n) is 11.2. The second-order valence-electron chi connectivity index (χ2n) is 4.94. The van der Waals surface area contributed by atoms with Crippen LogP contribution in [0.3, 0.4) is 0 Å². The number of aromatic nitrogens is 2. The van der Waals surface area contributed by atoms with Crippen molar-refractivity contribution in [1.82, 2.24) is 14.3 Å². The van der Waals surface area contributed by atoms with Gasteiger partial charge >= 0.3 is 0 Å². The summed E-state index contributed by atoms with van der Waals surface area (Å²) in [4.78, 5) is 20.6. The van der Waals surface area contributed by atoms with Crippen LogP contribution in [0.4, 0.5) is 5.13 Å². The van der Waals surface area contributed by atoms with Crippen molar-refractivity contribution in [3.8, 4) is 0 Å². The zero-order chi connectivity index (χ0) is 13.1. The number of hydrogen-bond donors (Lipinski definition) is 0. The summed E-state index contributed by atoms with van der Waals surface area (Å²) in [6.07, 6.45) is 0.997. The van der Waals surface area contributed by atoms with E-state index in [4.69, 9.17) is 0 Å². The van der Waals surface area contributed by atoms with E-state index >= 15 is 0 Å². The SMILES string of the molecule is Cc1nsc(N2CCCN(C(=O)C(C)C)CC2)n1. The molecule has 1 fully saturated rings. The highest BCUT2D eigenvalue weighted by molar-refractivity contribution is 7.09. The Hall–Kier alpha value is -1.17. The number of anilines is 1. The second kappa shape index (κ2) is 5.65. The maximum Gasteiger partial charge on any atom is 0.225 e. The molecule has 0 saturated carbocycles. The van der Waals surface area contributed by atoms with Crippen LogP contribution in [0, 0.1) is 12.8 Å². The first-order valence-corrected chi connectivity index (χ1v) is 7.19. The Morgan fingerprint density at radius 1 is 1.28 bits per heavy atom. The van der Waals surface area contributed by atoms with Gasteiger partial charge in [0, 0.05) is 43.6 Å². The summed E-state index contributed by atoms with van der Waals surface area (Å²) < 4.78 is 4.21. The highest BCUT2D eigenvalue weighted by Crippen LogP contribution is 2.19. The molecule has 0 aliphatic carbocycles. The molecule has 18 heavy (non-hydrogen) atoms. The van der Waals surface area contributed by atoms with Gasteiger partial charge in [0.05, 0.1) is 0 Å². The highest BCUT2D eigenvalue weighted by Gasteiger charge is 2.22. The fourth-order valence-corrected chi connectivity index (χ4v) is 2.83. The molecule has 0 bridgehead atoms. The van der Waals surface area contributed by atoms with Crippen molar-refractivity contribution in [2.45, 2.75) is 27.2 Å². The quantitative estimate of drug-likeness (QED) is 0.816. The average Bonchev–Trinajstić information content (AvgIpc) is 2.63. The second-order valence-corrected chi connectivity index (χ2v) is 5.68. The Kier molecular flexibility index (Phi) is 4.16. The molecule has 0 radical (unpaired) electrons.